The van der Waals surface area contributed by atoms with Gasteiger partial charge in [0.25, 0.3) is 5.13 Å². The van der Waals surface area contributed by atoms with E-state index in [1.54, 1.807) is 0 Å². The van der Waals surface area contributed by atoms with E-state index in [0.717, 1.165) is 6.20 Å². The van der Waals surface area contributed by atoms with E-state index in [4.69, 9.17) is 0 Å². The first-order valence-corrected chi connectivity index (χ1v) is 2.99. The molecule has 6 nitrogen and oxygen atoms in total. The average molecular weight is 159 g/mol. The van der Waals surface area contributed by atoms with E-state index in [1.165, 1.54) is 0 Å². The third kappa shape index (κ3) is 1.13. The summed E-state index contributed by atoms with van der Waals surface area (Å²) in [6, 6.07) is 0. The van der Waals surface area contributed by atoms with Crippen LogP contribution in [0.1, 0.15) is 0 Å². The summed E-state index contributed by atoms with van der Waals surface area (Å²) in [5.74, 6) is 0. The first-order chi connectivity index (χ1) is 4.74. The molecule has 0 N–H and O–H groups in total. The van der Waals surface area contributed by atoms with Crippen molar-refractivity contribution in [1.82, 2.24) is 4.98 Å². The normalized spacial score (nSPS) is 9.20. The van der Waals surface area contributed by atoms with Crippen LogP contribution in [0.4, 0.5) is 10.1 Å². The van der Waals surface area contributed by atoms with Crippen molar-refractivity contribution in [2.75, 3.05) is 0 Å². The minimum absolute atomic E-state index is 0.119. The van der Waals surface area contributed by atoms with Crippen molar-refractivity contribution in [3.05, 3.63) is 21.2 Å². The fourth-order valence-corrected chi connectivity index (χ4v) is 0.893. The van der Waals surface area contributed by atoms with Gasteiger partial charge in [0.1, 0.15) is 6.20 Å². The summed E-state index contributed by atoms with van der Waals surface area (Å²) in [5, 5.41) is 12.1. The molecule has 1 aromatic rings. The van der Waals surface area contributed by atoms with Crippen molar-refractivity contribution < 1.29 is 4.92 Å². The number of hydrogen-bond acceptors (Lipinski definition) is 6. The lowest BCUT2D eigenvalue weighted by atomic mass is 10.9. The fraction of sp³-hybridized carbons (Fsp3) is 0. The maximum atomic E-state index is 9.96. The third-order valence-electron chi connectivity index (χ3n) is 0.739. The van der Waals surface area contributed by atoms with Crippen LogP contribution in [0.5, 0.6) is 0 Å². The molecule has 0 saturated heterocycles. The predicted molar refractivity (Wildman–Crippen MR) is 34.2 cm³/mol. The van der Waals surface area contributed by atoms with Gasteiger partial charge in [0.05, 0.1) is 4.92 Å². The van der Waals surface area contributed by atoms with Crippen LogP contribution in [0.3, 0.4) is 0 Å². The highest BCUT2D eigenvalue weighted by Crippen LogP contribution is 2.26. The van der Waals surface area contributed by atoms with Gasteiger partial charge >= 0.3 is 5.00 Å². The minimum atomic E-state index is -0.619. The molecule has 0 aliphatic heterocycles. The molecule has 0 aromatic carbocycles. The number of rotatable bonds is 2. The molecule has 0 radical (unpaired) electrons. The standard InChI is InChI=1S/C3HN3O3S/c7-5-3-4-1-2(10-3)6(8)9/h1H. The van der Waals surface area contributed by atoms with Crippen molar-refractivity contribution in [3.63, 3.8) is 0 Å². The molecule has 1 aromatic heterocycles. The van der Waals surface area contributed by atoms with Gasteiger partial charge in [-0.05, 0) is 11.3 Å². The Labute approximate surface area is 58.6 Å². The lowest BCUT2D eigenvalue weighted by Gasteiger charge is -1.75. The first-order valence-electron chi connectivity index (χ1n) is 2.17. The summed E-state index contributed by atoms with van der Waals surface area (Å²) < 4.78 is 0. The maximum absolute atomic E-state index is 9.96. The number of hydrogen-bond donors (Lipinski definition) is 0. The Morgan fingerprint density at radius 1 is 1.80 bits per heavy atom. The molecule has 0 spiro atoms. The van der Waals surface area contributed by atoms with Gasteiger partial charge in [-0.25, -0.2) is 4.98 Å². The zero-order valence-corrected chi connectivity index (χ0v) is 5.37. The molecule has 0 amide bonds. The molecule has 0 atom stereocenters. The predicted octanol–water partition coefficient (Wildman–Crippen LogP) is 1.45. The van der Waals surface area contributed by atoms with E-state index in [0.29, 0.717) is 11.3 Å². The lowest BCUT2D eigenvalue weighted by molar-refractivity contribution is -0.380. The minimum Gasteiger partial charge on any atom is -0.257 e. The smallest absolute Gasteiger partial charge is 0.257 e. The Balaban J connectivity index is 2.98. The summed E-state index contributed by atoms with van der Waals surface area (Å²) in [6.07, 6.45) is 1.00. The molecule has 0 aliphatic rings. The van der Waals surface area contributed by atoms with Crippen LogP contribution in [-0.2, 0) is 0 Å². The lowest BCUT2D eigenvalue weighted by Crippen LogP contribution is -1.80. The highest BCUT2D eigenvalue weighted by Gasteiger charge is 2.10. The van der Waals surface area contributed by atoms with Crippen molar-refractivity contribution in [3.8, 4) is 0 Å². The van der Waals surface area contributed by atoms with Gasteiger partial charge in [-0.15, -0.1) is 4.91 Å². The van der Waals surface area contributed by atoms with Crippen molar-refractivity contribution in [2.24, 2.45) is 5.18 Å². The van der Waals surface area contributed by atoms with Crippen molar-refractivity contribution >= 4 is 21.5 Å². The molecule has 0 unspecified atom stereocenters. The molecule has 10 heavy (non-hydrogen) atoms. The van der Waals surface area contributed by atoms with E-state index in [-0.39, 0.29) is 10.1 Å². The highest BCUT2D eigenvalue weighted by molar-refractivity contribution is 7.18. The topological polar surface area (TPSA) is 85.5 Å². The number of nitroso groups, excluding NO2 is 1. The molecule has 0 fully saturated rings. The van der Waals surface area contributed by atoms with Gasteiger partial charge in [-0.3, -0.25) is 10.1 Å². The van der Waals surface area contributed by atoms with E-state index in [1.807, 2.05) is 0 Å². The second kappa shape index (κ2) is 2.48. The Morgan fingerprint density at radius 2 is 2.50 bits per heavy atom. The van der Waals surface area contributed by atoms with Gasteiger partial charge in [0, 0.05) is 5.18 Å². The molecule has 0 aliphatic carbocycles. The van der Waals surface area contributed by atoms with E-state index in [2.05, 4.69) is 10.2 Å². The number of aromatic nitrogens is 1. The molecular formula is C3HN3O3S. The number of thiazole rings is 1. The molecule has 1 rings (SSSR count). The summed E-state index contributed by atoms with van der Waals surface area (Å²) >= 11 is 0.652. The Kier molecular flexibility index (Phi) is 1.67. The van der Waals surface area contributed by atoms with Crippen LogP contribution < -0.4 is 0 Å². The Bertz CT molecular complexity index is 270. The molecular weight excluding hydrogens is 158 g/mol. The molecule has 1 heterocycles. The van der Waals surface area contributed by atoms with Crippen LogP contribution in [0.15, 0.2) is 11.4 Å². The molecule has 52 valence electrons. The van der Waals surface area contributed by atoms with Crippen molar-refractivity contribution in [1.29, 1.82) is 0 Å². The van der Waals surface area contributed by atoms with Crippen molar-refractivity contribution in [2.45, 2.75) is 0 Å². The third-order valence-corrected chi connectivity index (χ3v) is 1.57. The SMILES string of the molecule is O=Nc1ncc([N+](=O)[O-])s1. The van der Waals surface area contributed by atoms with Gasteiger partial charge in [0.15, 0.2) is 0 Å². The first kappa shape index (κ1) is 6.75. The number of nitro groups is 1. The second-order valence-corrected chi connectivity index (χ2v) is 2.32. The van der Waals surface area contributed by atoms with Gasteiger partial charge in [-0.2, -0.15) is 0 Å². The number of nitrogens with zero attached hydrogens (tertiary/aromatic N) is 3. The summed E-state index contributed by atoms with van der Waals surface area (Å²) in [5.41, 5.74) is 0. The van der Waals surface area contributed by atoms with Crippen LogP contribution in [0.2, 0.25) is 0 Å². The van der Waals surface area contributed by atoms with E-state index < -0.39 is 4.92 Å². The zero-order valence-electron chi connectivity index (χ0n) is 4.55. The van der Waals surface area contributed by atoms with Gasteiger partial charge in [0.2, 0.25) is 0 Å². The zero-order chi connectivity index (χ0) is 7.56. The van der Waals surface area contributed by atoms with Gasteiger partial charge in [-0.1, -0.05) is 0 Å². The quantitative estimate of drug-likeness (QED) is 0.371. The van der Waals surface area contributed by atoms with E-state index in [9.17, 15) is 15.0 Å². The van der Waals surface area contributed by atoms with Crippen LogP contribution >= 0.6 is 11.3 Å². The van der Waals surface area contributed by atoms with E-state index >= 15 is 0 Å². The maximum Gasteiger partial charge on any atom is 0.345 e. The second-order valence-electron chi connectivity index (χ2n) is 1.33. The molecule has 0 bridgehead atoms. The largest absolute Gasteiger partial charge is 0.345 e. The van der Waals surface area contributed by atoms with Crippen LogP contribution in [0, 0.1) is 15.0 Å². The highest BCUT2D eigenvalue weighted by atomic mass is 32.1. The van der Waals surface area contributed by atoms with Crippen LogP contribution in [0.25, 0.3) is 0 Å². The fourth-order valence-electron chi connectivity index (χ4n) is 0.383. The van der Waals surface area contributed by atoms with Crippen LogP contribution in [-0.4, -0.2) is 9.91 Å². The monoisotopic (exact) mass is 159 g/mol. The summed E-state index contributed by atoms with van der Waals surface area (Å²) in [4.78, 5) is 22.4. The average Bonchev–Trinajstić information content (AvgIpc) is 2.34. The Hall–Kier alpha value is -1.37. The molecule has 0 saturated carbocycles. The van der Waals surface area contributed by atoms with Gasteiger partial charge < -0.3 is 0 Å². The Morgan fingerprint density at radius 3 is 2.80 bits per heavy atom. The summed E-state index contributed by atoms with van der Waals surface area (Å²) in [7, 11) is 0. The molecule has 7 heteroatoms. The summed E-state index contributed by atoms with van der Waals surface area (Å²) in [6.45, 7) is 0.